The molecule has 5 nitrogen and oxygen atoms in total. The van der Waals surface area contributed by atoms with Gasteiger partial charge in [0.2, 0.25) is 0 Å². The summed E-state index contributed by atoms with van der Waals surface area (Å²) >= 11 is 5.77. The van der Waals surface area contributed by atoms with Crippen molar-refractivity contribution < 1.29 is 9.13 Å². The molecule has 0 amide bonds. The molecule has 0 radical (unpaired) electrons. The zero-order valence-corrected chi connectivity index (χ0v) is 10.1. The van der Waals surface area contributed by atoms with E-state index in [1.54, 1.807) is 0 Å². The summed E-state index contributed by atoms with van der Waals surface area (Å²) in [5.74, 6) is -0.206. The van der Waals surface area contributed by atoms with Crippen molar-refractivity contribution in [2.45, 2.75) is 0 Å². The molecule has 0 bridgehead atoms. The molecule has 0 aliphatic rings. The molecule has 2 rings (SSSR count). The monoisotopic (exact) mass is 269 g/mol. The van der Waals surface area contributed by atoms with E-state index in [4.69, 9.17) is 16.3 Å². The molecule has 2 aromatic rings. The van der Waals surface area contributed by atoms with Crippen LogP contribution >= 0.6 is 11.6 Å². The molecule has 0 spiro atoms. The number of aromatic nitrogens is 2. The van der Waals surface area contributed by atoms with Gasteiger partial charge in [0.25, 0.3) is 5.56 Å². The minimum atomic E-state index is -0.479. The number of aromatic amines is 1. The van der Waals surface area contributed by atoms with E-state index in [2.05, 4.69) is 15.3 Å². The predicted molar refractivity (Wildman–Crippen MR) is 66.1 cm³/mol. The number of H-pyrrole nitrogens is 1. The maximum Gasteiger partial charge on any atom is 0.271 e. The molecule has 0 saturated heterocycles. The molecule has 1 heterocycles. The minimum absolute atomic E-state index is 0.0687. The molecule has 0 saturated carbocycles. The van der Waals surface area contributed by atoms with Crippen LogP contribution in [0.1, 0.15) is 0 Å². The number of rotatable bonds is 3. The molecular weight excluding hydrogens is 261 g/mol. The van der Waals surface area contributed by atoms with Gasteiger partial charge in [-0.3, -0.25) is 4.79 Å². The highest BCUT2D eigenvalue weighted by Gasteiger charge is 2.08. The average Bonchev–Trinajstić information content (AvgIpc) is 2.37. The van der Waals surface area contributed by atoms with Gasteiger partial charge in [-0.1, -0.05) is 11.6 Å². The highest BCUT2D eigenvalue weighted by molar-refractivity contribution is 6.32. The highest BCUT2D eigenvalue weighted by atomic mass is 35.5. The number of nitrogens with one attached hydrogen (secondary N) is 2. The zero-order chi connectivity index (χ0) is 13.1. The lowest BCUT2D eigenvalue weighted by Gasteiger charge is -2.08. The van der Waals surface area contributed by atoms with Crippen molar-refractivity contribution in [3.63, 3.8) is 0 Å². The lowest BCUT2D eigenvalue weighted by molar-refractivity contribution is 0.387. The number of hydrogen-bond donors (Lipinski definition) is 2. The molecule has 7 heteroatoms. The van der Waals surface area contributed by atoms with Gasteiger partial charge in [0, 0.05) is 11.8 Å². The van der Waals surface area contributed by atoms with Gasteiger partial charge in [0.15, 0.2) is 17.4 Å². The molecule has 0 fully saturated rings. The van der Waals surface area contributed by atoms with Crippen LogP contribution in [0.3, 0.4) is 0 Å². The van der Waals surface area contributed by atoms with Gasteiger partial charge in [-0.2, -0.15) is 0 Å². The van der Waals surface area contributed by atoms with Gasteiger partial charge in [0.05, 0.1) is 13.4 Å². The van der Waals surface area contributed by atoms with Gasteiger partial charge >= 0.3 is 0 Å². The van der Waals surface area contributed by atoms with E-state index in [0.29, 0.717) is 5.69 Å². The molecule has 0 aliphatic carbocycles. The fraction of sp³-hybridized carbons (Fsp3) is 0.0909. The quantitative estimate of drug-likeness (QED) is 0.897. The normalized spacial score (nSPS) is 10.2. The smallest absolute Gasteiger partial charge is 0.271 e. The van der Waals surface area contributed by atoms with Crippen molar-refractivity contribution in [2.24, 2.45) is 0 Å². The SMILES string of the molecule is COc1cc(Nc2nc[nH]c(=O)c2Cl)ccc1F. The Labute approximate surface area is 107 Å². The topological polar surface area (TPSA) is 67.0 Å². The third kappa shape index (κ3) is 2.43. The van der Waals surface area contributed by atoms with Gasteiger partial charge in [-0.25, -0.2) is 9.37 Å². The van der Waals surface area contributed by atoms with Crippen LogP contribution in [-0.2, 0) is 0 Å². The van der Waals surface area contributed by atoms with E-state index in [1.807, 2.05) is 0 Å². The van der Waals surface area contributed by atoms with E-state index < -0.39 is 11.4 Å². The second kappa shape index (κ2) is 5.05. The molecular formula is C11H9ClFN3O2. The van der Waals surface area contributed by atoms with E-state index in [-0.39, 0.29) is 16.6 Å². The zero-order valence-electron chi connectivity index (χ0n) is 9.33. The number of methoxy groups -OCH3 is 1. The van der Waals surface area contributed by atoms with Gasteiger partial charge in [-0.15, -0.1) is 0 Å². The Hall–Kier alpha value is -2.08. The van der Waals surface area contributed by atoms with Crippen LogP contribution in [0.2, 0.25) is 5.02 Å². The first kappa shape index (κ1) is 12.4. The Bertz CT molecular complexity index is 630. The van der Waals surface area contributed by atoms with Crippen LogP contribution in [0.25, 0.3) is 0 Å². The second-order valence-electron chi connectivity index (χ2n) is 3.37. The third-order valence-electron chi connectivity index (χ3n) is 2.21. The molecule has 94 valence electrons. The Balaban J connectivity index is 2.34. The van der Waals surface area contributed by atoms with Crippen molar-refractivity contribution >= 4 is 23.1 Å². The van der Waals surface area contributed by atoms with Gasteiger partial charge in [-0.05, 0) is 12.1 Å². The number of halogens is 2. The molecule has 0 atom stereocenters. The summed E-state index contributed by atoms with van der Waals surface area (Å²) in [6.07, 6.45) is 1.22. The number of benzene rings is 1. The van der Waals surface area contributed by atoms with Crippen molar-refractivity contribution in [3.8, 4) is 5.75 Å². The standard InChI is InChI=1S/C11H9ClFN3O2/c1-18-8-4-6(2-3-7(8)13)16-10-9(12)11(17)15-5-14-10/h2-5H,1H3,(H2,14,15,16,17). The van der Waals surface area contributed by atoms with E-state index in [9.17, 15) is 9.18 Å². The Morgan fingerprint density at radius 1 is 1.50 bits per heavy atom. The molecule has 0 aliphatic heterocycles. The fourth-order valence-electron chi connectivity index (χ4n) is 1.34. The Morgan fingerprint density at radius 2 is 2.28 bits per heavy atom. The van der Waals surface area contributed by atoms with Crippen molar-refractivity contribution in [1.29, 1.82) is 0 Å². The van der Waals surface area contributed by atoms with Gasteiger partial charge < -0.3 is 15.0 Å². The van der Waals surface area contributed by atoms with Crippen LogP contribution in [-0.4, -0.2) is 17.1 Å². The maximum absolute atomic E-state index is 13.2. The lowest BCUT2D eigenvalue weighted by Crippen LogP contribution is -2.09. The number of nitrogens with zero attached hydrogens (tertiary/aromatic N) is 1. The van der Waals surface area contributed by atoms with Crippen molar-refractivity contribution in [2.75, 3.05) is 12.4 Å². The van der Waals surface area contributed by atoms with Crippen LogP contribution < -0.4 is 15.6 Å². The highest BCUT2D eigenvalue weighted by Crippen LogP contribution is 2.25. The third-order valence-corrected chi connectivity index (χ3v) is 2.56. The lowest BCUT2D eigenvalue weighted by atomic mass is 10.3. The molecule has 2 N–H and O–H groups in total. The average molecular weight is 270 g/mol. The first-order valence-electron chi connectivity index (χ1n) is 4.95. The largest absolute Gasteiger partial charge is 0.494 e. The van der Waals surface area contributed by atoms with Crippen molar-refractivity contribution in [1.82, 2.24) is 9.97 Å². The Kier molecular flexibility index (Phi) is 3.47. The van der Waals surface area contributed by atoms with Gasteiger partial charge in [0.1, 0.15) is 5.02 Å². The van der Waals surface area contributed by atoms with Crippen molar-refractivity contribution in [3.05, 3.63) is 45.7 Å². The number of hydrogen-bond acceptors (Lipinski definition) is 4. The van der Waals surface area contributed by atoms with E-state index in [1.165, 1.54) is 31.6 Å². The van der Waals surface area contributed by atoms with Crippen LogP contribution in [0.4, 0.5) is 15.9 Å². The molecule has 1 aromatic heterocycles. The van der Waals surface area contributed by atoms with Crippen LogP contribution in [0.15, 0.2) is 29.3 Å². The van der Waals surface area contributed by atoms with E-state index >= 15 is 0 Å². The maximum atomic E-state index is 13.2. The first-order chi connectivity index (χ1) is 8.61. The number of anilines is 2. The number of ether oxygens (including phenoxy) is 1. The van der Waals surface area contributed by atoms with Crippen LogP contribution in [0, 0.1) is 5.82 Å². The summed E-state index contributed by atoms with van der Waals surface area (Å²) in [4.78, 5) is 17.5. The summed E-state index contributed by atoms with van der Waals surface area (Å²) < 4.78 is 18.0. The second-order valence-corrected chi connectivity index (χ2v) is 3.75. The Morgan fingerprint density at radius 3 is 3.00 bits per heavy atom. The summed E-state index contributed by atoms with van der Waals surface area (Å²) in [6, 6.07) is 4.16. The molecule has 1 aromatic carbocycles. The first-order valence-corrected chi connectivity index (χ1v) is 5.33. The molecule has 18 heavy (non-hydrogen) atoms. The van der Waals surface area contributed by atoms with Crippen LogP contribution in [0.5, 0.6) is 5.75 Å². The minimum Gasteiger partial charge on any atom is -0.494 e. The fourth-order valence-corrected chi connectivity index (χ4v) is 1.50. The summed E-state index contributed by atoms with van der Waals surface area (Å²) in [6.45, 7) is 0. The predicted octanol–water partition coefficient (Wildman–Crippen LogP) is 2.31. The summed E-state index contributed by atoms with van der Waals surface area (Å²) in [5.41, 5.74) is 0.0523. The molecule has 0 unspecified atom stereocenters. The summed E-state index contributed by atoms with van der Waals surface area (Å²) in [5, 5.41) is 2.74. The summed E-state index contributed by atoms with van der Waals surface area (Å²) in [7, 11) is 1.36. The van der Waals surface area contributed by atoms with E-state index in [0.717, 1.165) is 0 Å².